The van der Waals surface area contributed by atoms with Gasteiger partial charge in [0, 0.05) is 0 Å². The van der Waals surface area contributed by atoms with E-state index in [0.29, 0.717) is 5.69 Å². The van der Waals surface area contributed by atoms with E-state index < -0.39 is 16.1 Å². The fourth-order valence-electron chi connectivity index (χ4n) is 1.72. The lowest BCUT2D eigenvalue weighted by atomic mass is 10.3. The van der Waals surface area contributed by atoms with Gasteiger partial charge in [0.2, 0.25) is 0 Å². The monoisotopic (exact) mass is 375 g/mol. The number of para-hydroxylation sites is 1. The largest absolute Gasteiger partial charge is 0.392 e. The molecule has 0 aliphatic rings. The van der Waals surface area contributed by atoms with Crippen LogP contribution in [0, 0.1) is 0 Å². The van der Waals surface area contributed by atoms with Gasteiger partial charge in [-0.25, -0.2) is 8.42 Å². The Morgan fingerprint density at radius 1 is 1.25 bits per heavy atom. The zero-order valence-corrected chi connectivity index (χ0v) is 14.0. The highest BCUT2D eigenvalue weighted by Crippen LogP contribution is 2.31. The highest BCUT2D eigenvalue weighted by molar-refractivity contribution is 9.11. The smallest absolute Gasteiger partial charge is 0.273 e. The number of hydrogen-bond donors (Lipinski definition) is 1. The lowest BCUT2D eigenvalue weighted by Crippen LogP contribution is -2.36. The lowest BCUT2D eigenvalue weighted by Gasteiger charge is -2.24. The van der Waals surface area contributed by atoms with Crippen LogP contribution in [0.25, 0.3) is 0 Å². The van der Waals surface area contributed by atoms with Crippen molar-refractivity contribution >= 4 is 43.0 Å². The standard InChI is InChI=1S/C13H14BrNO3S2/c1-10(16)9-15(11-5-3-2-4-6-11)20(17,18)13-8-7-12(14)19-13/h2-8,10,16H,9H2,1H3. The van der Waals surface area contributed by atoms with Gasteiger partial charge in [0.1, 0.15) is 4.21 Å². The minimum absolute atomic E-state index is 0.0157. The van der Waals surface area contributed by atoms with Crippen molar-refractivity contribution in [1.29, 1.82) is 0 Å². The fourth-order valence-corrected chi connectivity index (χ4v) is 5.39. The molecule has 1 atom stereocenters. The van der Waals surface area contributed by atoms with Crippen molar-refractivity contribution in [2.24, 2.45) is 0 Å². The molecule has 1 aromatic carbocycles. The molecule has 1 unspecified atom stereocenters. The Morgan fingerprint density at radius 3 is 2.40 bits per heavy atom. The highest BCUT2D eigenvalue weighted by Gasteiger charge is 2.27. The number of rotatable bonds is 5. The Hall–Kier alpha value is -0.890. The second-order valence-electron chi connectivity index (χ2n) is 4.28. The van der Waals surface area contributed by atoms with Gasteiger partial charge in [0.15, 0.2) is 0 Å². The van der Waals surface area contributed by atoms with E-state index in [-0.39, 0.29) is 10.8 Å². The third-order valence-corrected chi connectivity index (χ3v) is 6.45. The molecule has 0 radical (unpaired) electrons. The third-order valence-electron chi connectivity index (χ3n) is 2.57. The van der Waals surface area contributed by atoms with Gasteiger partial charge in [0.25, 0.3) is 10.0 Å². The van der Waals surface area contributed by atoms with Crippen LogP contribution in [0.3, 0.4) is 0 Å². The summed E-state index contributed by atoms with van der Waals surface area (Å²) in [7, 11) is -3.67. The summed E-state index contributed by atoms with van der Waals surface area (Å²) in [6.45, 7) is 1.58. The number of halogens is 1. The number of aliphatic hydroxyl groups excluding tert-OH is 1. The first-order valence-corrected chi connectivity index (χ1v) is 8.97. The average molecular weight is 376 g/mol. The van der Waals surface area contributed by atoms with Gasteiger partial charge >= 0.3 is 0 Å². The van der Waals surface area contributed by atoms with Crippen molar-refractivity contribution < 1.29 is 13.5 Å². The van der Waals surface area contributed by atoms with E-state index in [2.05, 4.69) is 15.9 Å². The first-order chi connectivity index (χ1) is 9.41. The molecule has 0 aliphatic heterocycles. The summed E-state index contributed by atoms with van der Waals surface area (Å²) in [5, 5.41) is 9.59. The van der Waals surface area contributed by atoms with Gasteiger partial charge in [-0.05, 0) is 47.1 Å². The zero-order chi connectivity index (χ0) is 14.8. The second kappa shape index (κ2) is 6.26. The number of hydrogen-bond acceptors (Lipinski definition) is 4. The number of thiophene rings is 1. The Bertz CT molecular complexity index is 668. The summed E-state index contributed by atoms with van der Waals surface area (Å²) in [6, 6.07) is 12.0. The number of nitrogens with zero attached hydrogens (tertiary/aromatic N) is 1. The molecule has 108 valence electrons. The number of benzene rings is 1. The Morgan fingerprint density at radius 2 is 1.90 bits per heavy atom. The summed E-state index contributed by atoms with van der Waals surface area (Å²) < 4.78 is 27.6. The summed E-state index contributed by atoms with van der Waals surface area (Å²) in [5.41, 5.74) is 0.540. The molecule has 1 aromatic heterocycles. The Balaban J connectivity index is 2.46. The number of sulfonamides is 1. The van der Waals surface area contributed by atoms with Crippen LogP contribution in [-0.4, -0.2) is 26.2 Å². The highest BCUT2D eigenvalue weighted by atomic mass is 79.9. The topological polar surface area (TPSA) is 57.6 Å². The van der Waals surface area contributed by atoms with E-state index in [4.69, 9.17) is 0 Å². The predicted octanol–water partition coefficient (Wildman–Crippen LogP) is 3.09. The van der Waals surface area contributed by atoms with Crippen molar-refractivity contribution in [1.82, 2.24) is 0 Å². The molecule has 20 heavy (non-hydrogen) atoms. The van der Waals surface area contributed by atoms with Crippen molar-refractivity contribution in [2.75, 3.05) is 10.8 Å². The molecule has 4 nitrogen and oxygen atoms in total. The van der Waals surface area contributed by atoms with Crippen LogP contribution < -0.4 is 4.31 Å². The summed E-state index contributed by atoms with van der Waals surface area (Å²) in [6.07, 6.45) is -0.756. The molecule has 0 aliphatic carbocycles. The number of anilines is 1. The summed E-state index contributed by atoms with van der Waals surface area (Å²) in [5.74, 6) is 0. The lowest BCUT2D eigenvalue weighted by molar-refractivity contribution is 0.204. The van der Waals surface area contributed by atoms with Crippen molar-refractivity contribution in [3.63, 3.8) is 0 Å². The van der Waals surface area contributed by atoms with Gasteiger partial charge in [-0.15, -0.1) is 11.3 Å². The average Bonchev–Trinajstić information content (AvgIpc) is 2.84. The van der Waals surface area contributed by atoms with Crippen LogP contribution in [0.1, 0.15) is 6.92 Å². The second-order valence-corrected chi connectivity index (χ2v) is 8.83. The molecule has 1 heterocycles. The van der Waals surface area contributed by atoms with Gasteiger partial charge in [0.05, 0.1) is 22.1 Å². The van der Waals surface area contributed by atoms with Crippen LogP contribution in [0.2, 0.25) is 0 Å². The van der Waals surface area contributed by atoms with Crippen LogP contribution in [-0.2, 0) is 10.0 Å². The quantitative estimate of drug-likeness (QED) is 0.873. The Labute approximate surface area is 130 Å². The number of aliphatic hydroxyl groups is 1. The predicted molar refractivity (Wildman–Crippen MR) is 84.7 cm³/mol. The third kappa shape index (κ3) is 3.41. The van der Waals surface area contributed by atoms with Crippen molar-refractivity contribution in [3.05, 3.63) is 46.3 Å². The maximum Gasteiger partial charge on any atom is 0.273 e. The summed E-state index contributed by atoms with van der Waals surface area (Å²) in [4.78, 5) is 0. The van der Waals surface area contributed by atoms with E-state index in [1.165, 1.54) is 4.31 Å². The molecule has 2 aromatic rings. The molecule has 0 amide bonds. The molecule has 2 rings (SSSR count). The van der Waals surface area contributed by atoms with Crippen molar-refractivity contribution in [3.8, 4) is 0 Å². The van der Waals surface area contributed by atoms with E-state index in [1.807, 2.05) is 6.07 Å². The van der Waals surface area contributed by atoms with E-state index >= 15 is 0 Å². The molecule has 0 spiro atoms. The molecule has 0 saturated carbocycles. The first kappa shape index (κ1) is 15.5. The normalized spacial score (nSPS) is 13.2. The minimum Gasteiger partial charge on any atom is -0.392 e. The Kier molecular flexibility index (Phi) is 4.85. The van der Waals surface area contributed by atoms with Gasteiger partial charge in [-0.1, -0.05) is 18.2 Å². The molecule has 0 saturated heterocycles. The van der Waals surface area contributed by atoms with Crippen LogP contribution >= 0.6 is 27.3 Å². The van der Waals surface area contributed by atoms with Gasteiger partial charge in [-0.2, -0.15) is 0 Å². The fraction of sp³-hybridized carbons (Fsp3) is 0.231. The summed E-state index contributed by atoms with van der Waals surface area (Å²) >= 11 is 4.42. The molecule has 0 bridgehead atoms. The maximum atomic E-state index is 12.7. The molecular weight excluding hydrogens is 362 g/mol. The van der Waals surface area contributed by atoms with Gasteiger partial charge < -0.3 is 5.11 Å². The maximum absolute atomic E-state index is 12.7. The van der Waals surface area contributed by atoms with Crippen LogP contribution in [0.5, 0.6) is 0 Å². The van der Waals surface area contributed by atoms with Crippen LogP contribution in [0.15, 0.2) is 50.5 Å². The molecular formula is C13H14BrNO3S2. The SMILES string of the molecule is CC(O)CN(c1ccccc1)S(=O)(=O)c1ccc(Br)s1. The molecule has 0 fully saturated rings. The van der Waals surface area contributed by atoms with Crippen molar-refractivity contribution in [2.45, 2.75) is 17.2 Å². The molecule has 1 N–H and O–H groups in total. The van der Waals surface area contributed by atoms with Crippen LogP contribution in [0.4, 0.5) is 5.69 Å². The van der Waals surface area contributed by atoms with E-state index in [1.54, 1.807) is 43.3 Å². The first-order valence-electron chi connectivity index (χ1n) is 5.92. The zero-order valence-electron chi connectivity index (χ0n) is 10.7. The van der Waals surface area contributed by atoms with E-state index in [0.717, 1.165) is 15.1 Å². The van der Waals surface area contributed by atoms with Gasteiger partial charge in [-0.3, -0.25) is 4.31 Å². The minimum atomic E-state index is -3.67. The molecule has 7 heteroatoms. The van der Waals surface area contributed by atoms with E-state index in [9.17, 15) is 13.5 Å².